The minimum absolute atomic E-state index is 0.139. The van der Waals surface area contributed by atoms with Gasteiger partial charge in [0.15, 0.2) is 0 Å². The van der Waals surface area contributed by atoms with Gasteiger partial charge in [0, 0.05) is 18.0 Å². The highest BCUT2D eigenvalue weighted by atomic mass is 16.5. The van der Waals surface area contributed by atoms with E-state index in [4.69, 9.17) is 14.9 Å². The lowest BCUT2D eigenvalue weighted by Crippen LogP contribution is -2.35. The molecule has 2 unspecified atom stereocenters. The zero-order chi connectivity index (χ0) is 17.9. The van der Waals surface area contributed by atoms with Crippen molar-refractivity contribution >= 4 is 10.8 Å². The fraction of sp³-hybridized carbons (Fsp3) is 0.474. The molecule has 0 bridgehead atoms. The maximum Gasteiger partial charge on any atom is 0.127 e. The van der Waals surface area contributed by atoms with Gasteiger partial charge in [0.05, 0.1) is 12.7 Å². The minimum Gasteiger partial charge on any atom is -0.490 e. The van der Waals surface area contributed by atoms with Crippen molar-refractivity contribution in [2.75, 3.05) is 19.8 Å². The standard InChI is InChI=1S/C16H21NO2.C3H8O2/c1-12(2)17-10-14(18)11-19-16-9-5-7-13-6-3-4-8-15(13)16;1-3(5)2-4/h3-9,12,14,17-18H,10-11H2,1-2H3;3-5H,2H2,1H3. The van der Waals surface area contributed by atoms with E-state index >= 15 is 0 Å². The lowest BCUT2D eigenvalue weighted by atomic mass is 10.1. The molecule has 0 saturated heterocycles. The molecule has 0 fully saturated rings. The molecule has 5 nitrogen and oxygen atoms in total. The summed E-state index contributed by atoms with van der Waals surface area (Å²) in [5.74, 6) is 0.821. The van der Waals surface area contributed by atoms with Gasteiger partial charge in [-0.15, -0.1) is 0 Å². The molecule has 0 aromatic heterocycles. The molecule has 2 aromatic carbocycles. The molecular formula is C19H29NO4. The van der Waals surface area contributed by atoms with E-state index < -0.39 is 12.2 Å². The van der Waals surface area contributed by atoms with Crippen molar-refractivity contribution in [3.8, 4) is 5.75 Å². The molecule has 0 heterocycles. The summed E-state index contributed by atoms with van der Waals surface area (Å²) in [7, 11) is 0. The highest BCUT2D eigenvalue weighted by molar-refractivity contribution is 5.88. The van der Waals surface area contributed by atoms with Crippen LogP contribution < -0.4 is 10.1 Å². The van der Waals surface area contributed by atoms with Gasteiger partial charge in [-0.2, -0.15) is 0 Å². The fourth-order valence-corrected chi connectivity index (χ4v) is 1.94. The Morgan fingerprint density at radius 3 is 2.25 bits per heavy atom. The number of rotatable bonds is 7. The second-order valence-corrected chi connectivity index (χ2v) is 6.04. The van der Waals surface area contributed by atoms with E-state index in [-0.39, 0.29) is 6.61 Å². The number of benzene rings is 2. The first-order valence-electron chi connectivity index (χ1n) is 8.25. The summed E-state index contributed by atoms with van der Waals surface area (Å²) in [6.07, 6.45) is -1.06. The maximum atomic E-state index is 9.84. The summed E-state index contributed by atoms with van der Waals surface area (Å²) < 4.78 is 5.72. The van der Waals surface area contributed by atoms with Gasteiger partial charge < -0.3 is 25.4 Å². The van der Waals surface area contributed by atoms with Crippen molar-refractivity contribution in [3.63, 3.8) is 0 Å². The van der Waals surface area contributed by atoms with E-state index in [1.54, 1.807) is 0 Å². The zero-order valence-electron chi connectivity index (χ0n) is 14.6. The third-order valence-electron chi connectivity index (χ3n) is 3.21. The maximum absolute atomic E-state index is 9.84. The summed E-state index contributed by atoms with van der Waals surface area (Å²) in [6, 6.07) is 14.4. The molecule has 0 aliphatic heterocycles. The molecule has 134 valence electrons. The number of aliphatic hydroxyl groups is 3. The predicted octanol–water partition coefficient (Wildman–Crippen LogP) is 1.94. The van der Waals surface area contributed by atoms with Crippen molar-refractivity contribution < 1.29 is 20.1 Å². The molecule has 2 aromatic rings. The Morgan fingerprint density at radius 2 is 1.62 bits per heavy atom. The Kier molecular flexibility index (Phi) is 9.34. The van der Waals surface area contributed by atoms with Gasteiger partial charge in [-0.1, -0.05) is 50.2 Å². The molecule has 0 aliphatic carbocycles. The van der Waals surface area contributed by atoms with Gasteiger partial charge in [-0.05, 0) is 18.4 Å². The van der Waals surface area contributed by atoms with Crippen molar-refractivity contribution in [1.29, 1.82) is 0 Å². The molecule has 0 radical (unpaired) electrons. The van der Waals surface area contributed by atoms with E-state index in [1.807, 2.05) is 30.3 Å². The Labute approximate surface area is 143 Å². The van der Waals surface area contributed by atoms with E-state index in [1.165, 1.54) is 6.92 Å². The number of fused-ring (bicyclic) bond motifs is 1. The van der Waals surface area contributed by atoms with Crippen LogP contribution in [0.5, 0.6) is 5.75 Å². The molecule has 5 heteroatoms. The van der Waals surface area contributed by atoms with Crippen molar-refractivity contribution in [3.05, 3.63) is 42.5 Å². The SMILES string of the molecule is CC(C)NCC(O)COc1cccc2ccccc12.CC(O)CO. The summed E-state index contributed by atoms with van der Waals surface area (Å²) >= 11 is 0. The van der Waals surface area contributed by atoms with Crippen LogP contribution in [0.3, 0.4) is 0 Å². The van der Waals surface area contributed by atoms with Gasteiger partial charge in [0.2, 0.25) is 0 Å². The van der Waals surface area contributed by atoms with E-state index in [2.05, 4.69) is 31.3 Å². The molecule has 24 heavy (non-hydrogen) atoms. The Balaban J connectivity index is 0.000000505. The Morgan fingerprint density at radius 1 is 1.00 bits per heavy atom. The van der Waals surface area contributed by atoms with Crippen molar-refractivity contribution in [2.24, 2.45) is 0 Å². The van der Waals surface area contributed by atoms with Crippen LogP contribution in [0.2, 0.25) is 0 Å². The first kappa shape index (κ1) is 20.4. The molecule has 0 amide bonds. The van der Waals surface area contributed by atoms with Gasteiger partial charge >= 0.3 is 0 Å². The molecule has 4 N–H and O–H groups in total. The van der Waals surface area contributed by atoms with Crippen LogP contribution in [0.4, 0.5) is 0 Å². The number of nitrogens with one attached hydrogen (secondary N) is 1. The highest BCUT2D eigenvalue weighted by Crippen LogP contribution is 2.25. The van der Waals surface area contributed by atoms with Crippen LogP contribution in [-0.4, -0.2) is 53.3 Å². The first-order chi connectivity index (χ1) is 11.4. The largest absolute Gasteiger partial charge is 0.490 e. The van der Waals surface area contributed by atoms with E-state index in [9.17, 15) is 5.11 Å². The summed E-state index contributed by atoms with van der Waals surface area (Å²) in [6.45, 7) is 6.34. The normalized spacial score (nSPS) is 13.3. The molecular weight excluding hydrogens is 306 g/mol. The lowest BCUT2D eigenvalue weighted by molar-refractivity contribution is 0.105. The number of aliphatic hydroxyl groups excluding tert-OH is 3. The number of hydrogen-bond acceptors (Lipinski definition) is 5. The van der Waals surface area contributed by atoms with E-state index in [0.717, 1.165) is 16.5 Å². The highest BCUT2D eigenvalue weighted by Gasteiger charge is 2.07. The topological polar surface area (TPSA) is 82.0 Å². The first-order valence-corrected chi connectivity index (χ1v) is 8.25. The third kappa shape index (κ3) is 7.75. The fourth-order valence-electron chi connectivity index (χ4n) is 1.94. The van der Waals surface area contributed by atoms with Gasteiger partial charge in [-0.3, -0.25) is 0 Å². The van der Waals surface area contributed by atoms with Crippen molar-refractivity contribution in [2.45, 2.75) is 39.0 Å². The van der Waals surface area contributed by atoms with Gasteiger partial charge in [0.25, 0.3) is 0 Å². The molecule has 2 rings (SSSR count). The van der Waals surface area contributed by atoms with E-state index in [0.29, 0.717) is 19.2 Å². The second-order valence-electron chi connectivity index (χ2n) is 6.04. The summed E-state index contributed by atoms with van der Waals surface area (Å²) in [5, 5.41) is 31.3. The third-order valence-corrected chi connectivity index (χ3v) is 3.21. The van der Waals surface area contributed by atoms with Crippen LogP contribution >= 0.6 is 0 Å². The van der Waals surface area contributed by atoms with Crippen LogP contribution in [0.15, 0.2) is 42.5 Å². The summed E-state index contributed by atoms with van der Waals surface area (Å²) in [5.41, 5.74) is 0. The van der Waals surface area contributed by atoms with Crippen LogP contribution in [0, 0.1) is 0 Å². The lowest BCUT2D eigenvalue weighted by Gasteiger charge is -2.15. The average Bonchev–Trinajstić information content (AvgIpc) is 2.58. The number of hydrogen-bond donors (Lipinski definition) is 4. The van der Waals surface area contributed by atoms with Crippen LogP contribution in [0.1, 0.15) is 20.8 Å². The number of ether oxygens (including phenoxy) is 1. The quantitative estimate of drug-likeness (QED) is 0.622. The molecule has 0 saturated carbocycles. The second kappa shape index (κ2) is 11.0. The van der Waals surface area contributed by atoms with Gasteiger partial charge in [-0.25, -0.2) is 0 Å². The van der Waals surface area contributed by atoms with Gasteiger partial charge in [0.1, 0.15) is 18.5 Å². The molecule has 2 atom stereocenters. The zero-order valence-corrected chi connectivity index (χ0v) is 14.6. The monoisotopic (exact) mass is 335 g/mol. The average molecular weight is 335 g/mol. The van der Waals surface area contributed by atoms with Crippen molar-refractivity contribution in [1.82, 2.24) is 5.32 Å². The van der Waals surface area contributed by atoms with Crippen LogP contribution in [-0.2, 0) is 0 Å². The summed E-state index contributed by atoms with van der Waals surface area (Å²) in [4.78, 5) is 0. The minimum atomic E-state index is -0.560. The Bertz CT molecular complexity index is 581. The molecule has 0 aliphatic rings. The predicted molar refractivity (Wildman–Crippen MR) is 97.4 cm³/mol. The van der Waals surface area contributed by atoms with Crippen LogP contribution in [0.25, 0.3) is 10.8 Å². The molecule has 0 spiro atoms. The smallest absolute Gasteiger partial charge is 0.127 e. The Hall–Kier alpha value is -1.66.